The van der Waals surface area contributed by atoms with Gasteiger partial charge >= 0.3 is 0 Å². The van der Waals surface area contributed by atoms with Crippen LogP contribution in [0.3, 0.4) is 0 Å². The predicted molar refractivity (Wildman–Crippen MR) is 117 cm³/mol. The zero-order valence-corrected chi connectivity index (χ0v) is 16.3. The Balaban J connectivity index is 1.99. The molecule has 0 fully saturated rings. The summed E-state index contributed by atoms with van der Waals surface area (Å²) in [5.74, 6) is -0.921. The van der Waals surface area contributed by atoms with Gasteiger partial charge in [0.25, 0.3) is 5.91 Å². The third kappa shape index (κ3) is 3.78. The van der Waals surface area contributed by atoms with Gasteiger partial charge < -0.3 is 9.88 Å². The normalized spacial score (nSPS) is 10.6. The van der Waals surface area contributed by atoms with Crippen LogP contribution < -0.4 is 10.7 Å². The first kappa shape index (κ1) is 19.3. The molecule has 0 atom stereocenters. The monoisotopic (exact) mass is 398 g/mol. The van der Waals surface area contributed by atoms with Crippen LogP contribution >= 0.6 is 0 Å². The molecule has 0 saturated carbocycles. The number of aryl methyl sites for hydroxylation is 1. The zero-order chi connectivity index (χ0) is 21.1. The van der Waals surface area contributed by atoms with Crippen LogP contribution in [0, 0.1) is 12.7 Å². The van der Waals surface area contributed by atoms with Crippen LogP contribution in [0.5, 0.6) is 0 Å². The lowest BCUT2D eigenvalue weighted by Crippen LogP contribution is -2.26. The summed E-state index contributed by atoms with van der Waals surface area (Å²) in [5, 5.41) is 2.79. The third-order valence-corrected chi connectivity index (χ3v) is 4.77. The SMILES string of the molecule is Cc1cc(=O)c(C(=O)Nc2ccccc2)c(-c2ccccc2)n1-c1cccc(F)c1. The molecule has 4 aromatic rings. The molecule has 1 aromatic heterocycles. The van der Waals surface area contributed by atoms with Crippen LogP contribution in [-0.2, 0) is 0 Å². The van der Waals surface area contributed by atoms with Gasteiger partial charge in [-0.05, 0) is 42.8 Å². The second-order valence-electron chi connectivity index (χ2n) is 6.88. The van der Waals surface area contributed by atoms with Crippen molar-refractivity contribution < 1.29 is 9.18 Å². The fourth-order valence-corrected chi connectivity index (χ4v) is 3.48. The highest BCUT2D eigenvalue weighted by molar-refractivity contribution is 6.08. The molecule has 1 heterocycles. The van der Waals surface area contributed by atoms with E-state index >= 15 is 0 Å². The number of carbonyl (C=O) groups is 1. The van der Waals surface area contributed by atoms with Gasteiger partial charge in [0.1, 0.15) is 11.4 Å². The van der Waals surface area contributed by atoms with E-state index in [2.05, 4.69) is 5.32 Å². The van der Waals surface area contributed by atoms with Gasteiger partial charge in [-0.15, -0.1) is 0 Å². The molecular formula is C25H19FN2O2. The van der Waals surface area contributed by atoms with E-state index in [1.54, 1.807) is 47.9 Å². The number of nitrogens with one attached hydrogen (secondary N) is 1. The molecule has 148 valence electrons. The molecule has 0 aliphatic carbocycles. The number of benzene rings is 3. The van der Waals surface area contributed by atoms with Crippen LogP contribution in [0.25, 0.3) is 16.9 Å². The summed E-state index contributed by atoms with van der Waals surface area (Å²) in [4.78, 5) is 26.2. The van der Waals surface area contributed by atoms with Crippen LogP contribution in [0.15, 0.2) is 95.8 Å². The number of nitrogens with zero attached hydrogens (tertiary/aromatic N) is 1. The summed E-state index contributed by atoms with van der Waals surface area (Å²) in [6, 6.07) is 25.6. The Morgan fingerprint density at radius 3 is 2.20 bits per heavy atom. The smallest absolute Gasteiger partial charge is 0.261 e. The zero-order valence-electron chi connectivity index (χ0n) is 16.3. The number of halogens is 1. The Morgan fingerprint density at radius 2 is 1.53 bits per heavy atom. The maximum absolute atomic E-state index is 14.0. The van der Waals surface area contributed by atoms with E-state index in [4.69, 9.17) is 0 Å². The predicted octanol–water partition coefficient (Wildman–Crippen LogP) is 5.20. The van der Waals surface area contributed by atoms with Crippen molar-refractivity contribution in [1.29, 1.82) is 0 Å². The minimum absolute atomic E-state index is 0.0000794. The molecule has 0 saturated heterocycles. The fourth-order valence-electron chi connectivity index (χ4n) is 3.48. The highest BCUT2D eigenvalue weighted by Gasteiger charge is 2.22. The lowest BCUT2D eigenvalue weighted by molar-refractivity contribution is 0.102. The molecule has 1 amide bonds. The van der Waals surface area contributed by atoms with Crippen molar-refractivity contribution in [2.45, 2.75) is 6.92 Å². The van der Waals surface area contributed by atoms with Crippen LogP contribution in [0.4, 0.5) is 10.1 Å². The summed E-state index contributed by atoms with van der Waals surface area (Å²) in [6.07, 6.45) is 0. The lowest BCUT2D eigenvalue weighted by atomic mass is 10.0. The van der Waals surface area contributed by atoms with Crippen molar-refractivity contribution in [2.75, 3.05) is 5.32 Å². The molecule has 30 heavy (non-hydrogen) atoms. The average Bonchev–Trinajstić information content (AvgIpc) is 2.74. The van der Waals surface area contributed by atoms with Gasteiger partial charge in [0.15, 0.2) is 5.43 Å². The van der Waals surface area contributed by atoms with Gasteiger partial charge in [-0.2, -0.15) is 0 Å². The minimum Gasteiger partial charge on any atom is -0.322 e. The second-order valence-corrected chi connectivity index (χ2v) is 6.88. The molecule has 0 radical (unpaired) electrons. The second kappa shape index (κ2) is 8.17. The number of amides is 1. The van der Waals surface area contributed by atoms with Crippen LogP contribution in [0.2, 0.25) is 0 Å². The van der Waals surface area contributed by atoms with Gasteiger partial charge in [-0.1, -0.05) is 54.6 Å². The number of para-hydroxylation sites is 1. The molecular weight excluding hydrogens is 379 g/mol. The van der Waals surface area contributed by atoms with Crippen molar-refractivity contribution in [2.24, 2.45) is 0 Å². The number of anilines is 1. The third-order valence-electron chi connectivity index (χ3n) is 4.77. The van der Waals surface area contributed by atoms with Crippen molar-refractivity contribution in [3.63, 3.8) is 0 Å². The maximum Gasteiger partial charge on any atom is 0.261 e. The molecule has 4 nitrogen and oxygen atoms in total. The molecule has 0 aliphatic heterocycles. The summed E-state index contributed by atoms with van der Waals surface area (Å²) >= 11 is 0. The quantitative estimate of drug-likeness (QED) is 0.513. The Labute approximate surface area is 173 Å². The first-order valence-corrected chi connectivity index (χ1v) is 9.49. The maximum atomic E-state index is 14.0. The molecule has 0 unspecified atom stereocenters. The summed E-state index contributed by atoms with van der Waals surface area (Å²) in [7, 11) is 0. The number of aromatic nitrogens is 1. The van der Waals surface area contributed by atoms with E-state index in [0.717, 1.165) is 0 Å². The van der Waals surface area contributed by atoms with E-state index in [9.17, 15) is 14.0 Å². The standard InChI is InChI=1S/C25H19FN2O2/c1-17-15-22(29)23(25(30)27-20-12-6-3-7-13-20)24(18-9-4-2-5-10-18)28(17)21-14-8-11-19(26)16-21/h2-16H,1H3,(H,27,30). The number of rotatable bonds is 4. The Kier molecular flexibility index (Phi) is 5.26. The Bertz CT molecular complexity index is 1270. The molecule has 1 N–H and O–H groups in total. The first-order chi connectivity index (χ1) is 14.5. The van der Waals surface area contributed by atoms with Crippen molar-refractivity contribution >= 4 is 11.6 Å². The highest BCUT2D eigenvalue weighted by Crippen LogP contribution is 2.28. The van der Waals surface area contributed by atoms with Crippen molar-refractivity contribution in [3.8, 4) is 16.9 Å². The summed E-state index contributed by atoms with van der Waals surface area (Å²) < 4.78 is 15.7. The van der Waals surface area contributed by atoms with Crippen LogP contribution in [0.1, 0.15) is 16.1 Å². The molecule has 4 rings (SSSR count). The molecule has 0 aliphatic rings. The Morgan fingerprint density at radius 1 is 0.867 bits per heavy atom. The van der Waals surface area contributed by atoms with Gasteiger partial charge in [-0.25, -0.2) is 4.39 Å². The number of carbonyl (C=O) groups excluding carboxylic acids is 1. The number of hydrogen-bond donors (Lipinski definition) is 1. The molecule has 5 heteroatoms. The van der Waals surface area contributed by atoms with Crippen molar-refractivity contribution in [3.05, 3.63) is 118 Å². The van der Waals surface area contributed by atoms with E-state index in [1.165, 1.54) is 18.2 Å². The van der Waals surface area contributed by atoms with E-state index < -0.39 is 17.2 Å². The topological polar surface area (TPSA) is 51.1 Å². The molecule has 3 aromatic carbocycles. The van der Waals surface area contributed by atoms with E-state index in [0.29, 0.717) is 28.3 Å². The summed E-state index contributed by atoms with van der Waals surface area (Å²) in [6.45, 7) is 1.76. The average molecular weight is 398 g/mol. The largest absolute Gasteiger partial charge is 0.322 e. The van der Waals surface area contributed by atoms with E-state index in [-0.39, 0.29) is 5.56 Å². The van der Waals surface area contributed by atoms with Gasteiger partial charge in [0.2, 0.25) is 0 Å². The van der Waals surface area contributed by atoms with Gasteiger partial charge in [0, 0.05) is 23.1 Å². The number of pyridine rings is 1. The highest BCUT2D eigenvalue weighted by atomic mass is 19.1. The van der Waals surface area contributed by atoms with E-state index in [1.807, 2.05) is 36.4 Å². The fraction of sp³-hybridized carbons (Fsp3) is 0.0400. The minimum atomic E-state index is -0.518. The molecule has 0 spiro atoms. The lowest BCUT2D eigenvalue weighted by Gasteiger charge is -2.20. The molecule has 0 bridgehead atoms. The van der Waals surface area contributed by atoms with Crippen molar-refractivity contribution in [1.82, 2.24) is 4.57 Å². The summed E-state index contributed by atoms with van der Waals surface area (Å²) in [5.41, 5.74) is 2.41. The Hall–Kier alpha value is -3.99. The number of hydrogen-bond acceptors (Lipinski definition) is 2. The van der Waals surface area contributed by atoms with Crippen LogP contribution in [-0.4, -0.2) is 10.5 Å². The van der Waals surface area contributed by atoms with Gasteiger partial charge in [-0.3, -0.25) is 9.59 Å². The van der Waals surface area contributed by atoms with Gasteiger partial charge in [0.05, 0.1) is 5.69 Å². The first-order valence-electron chi connectivity index (χ1n) is 9.49.